The summed E-state index contributed by atoms with van der Waals surface area (Å²) in [5.41, 5.74) is 2.20. The van der Waals surface area contributed by atoms with Gasteiger partial charge in [0, 0.05) is 19.5 Å². The van der Waals surface area contributed by atoms with E-state index in [0.717, 1.165) is 17.5 Å². The van der Waals surface area contributed by atoms with Gasteiger partial charge in [-0.2, -0.15) is 0 Å². The maximum Gasteiger partial charge on any atom is 0.255 e. The predicted octanol–water partition coefficient (Wildman–Crippen LogP) is 3.08. The van der Waals surface area contributed by atoms with Crippen molar-refractivity contribution in [3.05, 3.63) is 102 Å². The van der Waals surface area contributed by atoms with Crippen LogP contribution in [-0.4, -0.2) is 67.4 Å². The predicted molar refractivity (Wildman–Crippen MR) is 187 cm³/mol. The highest BCUT2D eigenvalue weighted by atomic mass is 16.5. The Morgan fingerprint density at radius 1 is 0.816 bits per heavy atom. The van der Waals surface area contributed by atoms with Crippen molar-refractivity contribution in [2.45, 2.75) is 70.5 Å². The molecule has 3 atom stereocenters. The number of para-hydroxylation sites is 1. The normalized spacial score (nSPS) is 19.5. The first-order valence-corrected chi connectivity index (χ1v) is 16.9. The van der Waals surface area contributed by atoms with Crippen LogP contribution in [0.2, 0.25) is 0 Å². The van der Waals surface area contributed by atoms with Gasteiger partial charge in [-0.25, -0.2) is 0 Å². The fraction of sp³-hybridized carbons (Fsp3) is 0.395. The minimum atomic E-state index is -1.23. The molecule has 0 fully saturated rings. The number of nitrogens with one attached hydrogen (secondary N) is 5. The Labute approximate surface area is 288 Å². The van der Waals surface area contributed by atoms with Crippen molar-refractivity contribution in [3.8, 4) is 5.75 Å². The highest BCUT2D eigenvalue weighted by Gasteiger charge is 2.30. The third-order valence-corrected chi connectivity index (χ3v) is 8.08. The van der Waals surface area contributed by atoms with Crippen LogP contribution in [-0.2, 0) is 32.0 Å². The van der Waals surface area contributed by atoms with E-state index in [-0.39, 0.29) is 37.0 Å². The van der Waals surface area contributed by atoms with Crippen LogP contribution in [0.15, 0.2) is 84.9 Å². The molecular weight excluding hydrogens is 622 g/mol. The van der Waals surface area contributed by atoms with E-state index in [1.54, 1.807) is 24.3 Å². The summed E-state index contributed by atoms with van der Waals surface area (Å²) < 4.78 is 5.91. The lowest BCUT2D eigenvalue weighted by Gasteiger charge is -2.25. The van der Waals surface area contributed by atoms with Gasteiger partial charge in [0.15, 0.2) is 0 Å². The minimum Gasteiger partial charge on any atom is -0.493 e. The molecule has 0 unspecified atom stereocenters. The maximum absolute atomic E-state index is 13.7. The van der Waals surface area contributed by atoms with Crippen molar-refractivity contribution < 1.29 is 28.7 Å². The Morgan fingerprint density at radius 2 is 1.49 bits per heavy atom. The van der Waals surface area contributed by atoms with E-state index >= 15 is 0 Å². The molecule has 0 spiro atoms. The van der Waals surface area contributed by atoms with Crippen molar-refractivity contribution in [1.29, 1.82) is 0 Å². The van der Waals surface area contributed by atoms with Gasteiger partial charge in [-0.15, -0.1) is 0 Å². The van der Waals surface area contributed by atoms with E-state index in [9.17, 15) is 24.0 Å². The largest absolute Gasteiger partial charge is 0.493 e. The molecule has 11 nitrogen and oxygen atoms in total. The van der Waals surface area contributed by atoms with E-state index < -0.39 is 48.2 Å². The Kier molecular flexibility index (Phi) is 14.2. The zero-order valence-electron chi connectivity index (χ0n) is 28.2. The molecule has 11 heteroatoms. The molecule has 0 bridgehead atoms. The van der Waals surface area contributed by atoms with E-state index in [1.807, 2.05) is 74.5 Å². The number of benzene rings is 3. The summed E-state index contributed by atoms with van der Waals surface area (Å²) in [6.45, 7) is 4.65. The topological polar surface area (TPSA) is 155 Å². The van der Waals surface area contributed by atoms with Gasteiger partial charge >= 0.3 is 0 Å². The molecule has 3 aromatic rings. The zero-order chi connectivity index (χ0) is 35.0. The highest BCUT2D eigenvalue weighted by molar-refractivity contribution is 6.01. The number of hydrogen-bond acceptors (Lipinski definition) is 6. The van der Waals surface area contributed by atoms with Crippen LogP contribution >= 0.6 is 0 Å². The van der Waals surface area contributed by atoms with E-state index in [2.05, 4.69) is 26.6 Å². The molecule has 0 saturated carbocycles. The Hall–Kier alpha value is -5.19. The fourth-order valence-corrected chi connectivity index (χ4v) is 5.56. The zero-order valence-corrected chi connectivity index (χ0v) is 28.2. The lowest BCUT2D eigenvalue weighted by molar-refractivity contribution is -0.133. The van der Waals surface area contributed by atoms with Gasteiger partial charge in [-0.05, 0) is 54.9 Å². The number of aryl methyl sites for hydroxylation is 1. The second-order valence-corrected chi connectivity index (χ2v) is 12.6. The summed E-state index contributed by atoms with van der Waals surface area (Å²) in [4.78, 5) is 67.5. The van der Waals surface area contributed by atoms with Crippen LogP contribution in [0.5, 0.6) is 5.75 Å². The molecule has 0 saturated heterocycles. The van der Waals surface area contributed by atoms with E-state index in [1.165, 1.54) is 0 Å². The number of amides is 5. The first-order valence-electron chi connectivity index (χ1n) is 16.9. The first-order chi connectivity index (χ1) is 23.7. The smallest absolute Gasteiger partial charge is 0.255 e. The van der Waals surface area contributed by atoms with Crippen LogP contribution in [0, 0.1) is 5.92 Å². The molecule has 49 heavy (non-hydrogen) atoms. The number of rotatable bonds is 9. The third-order valence-electron chi connectivity index (χ3n) is 8.08. The summed E-state index contributed by atoms with van der Waals surface area (Å²) in [5.74, 6) is -2.24. The van der Waals surface area contributed by atoms with Crippen LogP contribution < -0.4 is 31.3 Å². The summed E-state index contributed by atoms with van der Waals surface area (Å²) >= 11 is 0. The van der Waals surface area contributed by atoms with Crippen LogP contribution in [0.25, 0.3) is 0 Å². The second-order valence-electron chi connectivity index (χ2n) is 12.6. The lowest BCUT2D eigenvalue weighted by atomic mass is 10.0. The number of fused-ring (bicyclic) bond motifs is 1. The average molecular weight is 670 g/mol. The van der Waals surface area contributed by atoms with Crippen molar-refractivity contribution in [1.82, 2.24) is 26.6 Å². The number of hydrogen-bond donors (Lipinski definition) is 5. The summed E-state index contributed by atoms with van der Waals surface area (Å²) in [5, 5.41) is 14.1. The van der Waals surface area contributed by atoms with E-state index in [4.69, 9.17) is 4.74 Å². The molecule has 5 N–H and O–H groups in total. The number of carbonyl (C=O) groups is 5. The standard InChI is InChI=1S/C38H47N5O6/c1-26(2)23-30-38(48)43-31(24-28-15-7-4-8-16-28)36(46)40-21-12-22-49-33-19-10-9-18-29(33)35(45)42-32(25-34(44)41-30)37(47)39-20-11-17-27-13-5-3-6-14-27/h3-10,13-16,18-19,26,30-32H,11-12,17,20-25H2,1-2H3,(H,39,47)(H,40,46)(H,41,44)(H,42,45)(H,43,48)/t30-,31+,32+/m1/s1. The quantitative estimate of drug-likeness (QED) is 0.221. The van der Waals surface area contributed by atoms with Gasteiger partial charge in [0.05, 0.1) is 18.6 Å². The molecule has 0 aliphatic carbocycles. The molecule has 5 amide bonds. The second kappa shape index (κ2) is 19.0. The molecule has 0 aromatic heterocycles. The maximum atomic E-state index is 13.7. The highest BCUT2D eigenvalue weighted by Crippen LogP contribution is 2.19. The molecule has 1 heterocycles. The lowest BCUT2D eigenvalue weighted by Crippen LogP contribution is -2.56. The van der Waals surface area contributed by atoms with Crippen LogP contribution in [0.4, 0.5) is 0 Å². The van der Waals surface area contributed by atoms with Crippen molar-refractivity contribution in [2.24, 2.45) is 5.92 Å². The van der Waals surface area contributed by atoms with Crippen molar-refractivity contribution >= 4 is 29.5 Å². The van der Waals surface area contributed by atoms with Crippen LogP contribution in [0.3, 0.4) is 0 Å². The Balaban J connectivity index is 1.56. The molecule has 3 aromatic carbocycles. The summed E-state index contributed by atoms with van der Waals surface area (Å²) in [6.07, 6.45) is 1.99. The fourth-order valence-electron chi connectivity index (χ4n) is 5.56. The monoisotopic (exact) mass is 669 g/mol. The van der Waals surface area contributed by atoms with Crippen molar-refractivity contribution in [2.75, 3.05) is 19.7 Å². The minimum absolute atomic E-state index is 0.0234. The van der Waals surface area contributed by atoms with Gasteiger partial charge in [0.25, 0.3) is 5.91 Å². The van der Waals surface area contributed by atoms with Crippen molar-refractivity contribution in [3.63, 3.8) is 0 Å². The van der Waals surface area contributed by atoms with Gasteiger partial charge in [-0.1, -0.05) is 86.6 Å². The molecule has 1 aliphatic heterocycles. The summed E-state index contributed by atoms with van der Waals surface area (Å²) in [6, 6.07) is 22.8. The van der Waals surface area contributed by atoms with E-state index in [0.29, 0.717) is 31.6 Å². The molecule has 260 valence electrons. The molecule has 4 rings (SSSR count). The summed E-state index contributed by atoms with van der Waals surface area (Å²) in [7, 11) is 0. The number of carbonyl (C=O) groups excluding carboxylic acids is 5. The van der Waals surface area contributed by atoms with Gasteiger partial charge in [0.1, 0.15) is 23.9 Å². The van der Waals surface area contributed by atoms with Gasteiger partial charge < -0.3 is 31.3 Å². The number of ether oxygens (including phenoxy) is 1. The molecule has 1 aliphatic rings. The Bertz CT molecular complexity index is 1550. The molecule has 0 radical (unpaired) electrons. The Morgan fingerprint density at radius 3 is 2.20 bits per heavy atom. The first kappa shape index (κ1) is 36.6. The average Bonchev–Trinajstić information content (AvgIpc) is 3.09. The SMILES string of the molecule is CC(C)C[C@H]1NC(=O)C[C@@H](C(=O)NCCCc2ccccc2)NC(=O)c2ccccc2OCCCNC(=O)[C@H](Cc2ccccc2)NC1=O. The molecular formula is C38H47N5O6. The van der Waals surface area contributed by atoms with Gasteiger partial charge in [0.2, 0.25) is 23.6 Å². The van der Waals surface area contributed by atoms with Gasteiger partial charge in [-0.3, -0.25) is 24.0 Å². The third kappa shape index (κ3) is 12.1. The van der Waals surface area contributed by atoms with Crippen LogP contribution in [0.1, 0.15) is 61.0 Å².